The molecule has 0 saturated carbocycles. The fraction of sp³-hybridized carbons (Fsp3) is 0.300. The Morgan fingerprint density at radius 2 is 1.65 bits per heavy atom. The van der Waals surface area contributed by atoms with E-state index in [9.17, 15) is 14.4 Å². The first-order chi connectivity index (χ1) is 25.9. The number of aliphatic hydroxyl groups excluding tert-OH is 1. The summed E-state index contributed by atoms with van der Waals surface area (Å²) in [6.07, 6.45) is 0. The molecule has 0 bridgehead atoms. The van der Waals surface area contributed by atoms with E-state index in [2.05, 4.69) is 16.0 Å². The summed E-state index contributed by atoms with van der Waals surface area (Å²) >= 11 is 6.56. The Labute approximate surface area is 319 Å². The van der Waals surface area contributed by atoms with Crippen molar-refractivity contribution < 1.29 is 24.2 Å². The number of hydrogen-bond acceptors (Lipinski definition) is 8. The van der Waals surface area contributed by atoms with Gasteiger partial charge < -0.3 is 35.5 Å². The molecule has 0 aliphatic heterocycles. The number of ether oxygens (including phenoxy) is 2. The molecule has 5 aromatic rings. The number of aliphatic hydroxyl groups is 1. The number of nitrogens with one attached hydrogen (secondary N) is 3. The second kappa shape index (κ2) is 17.9. The number of anilines is 1. The minimum atomic E-state index is -0.437. The predicted molar refractivity (Wildman–Crippen MR) is 208 cm³/mol. The molecule has 2 aromatic heterocycles. The van der Waals surface area contributed by atoms with Gasteiger partial charge >= 0.3 is 6.03 Å². The van der Waals surface area contributed by atoms with Crippen LogP contribution in [0.25, 0.3) is 5.69 Å². The summed E-state index contributed by atoms with van der Waals surface area (Å²) in [6.45, 7) is 8.80. The number of carbonyl (C=O) groups excluding carboxylic acids is 2. The summed E-state index contributed by atoms with van der Waals surface area (Å²) in [5.41, 5.74) is 10.2. The minimum absolute atomic E-state index is 0.0429. The number of urea groups is 1. The van der Waals surface area contributed by atoms with Gasteiger partial charge in [-0.15, -0.1) is 0 Å². The second-order valence-electron chi connectivity index (χ2n) is 13.7. The Bertz CT molecular complexity index is 2160. The largest absolute Gasteiger partial charge is 0.491 e. The number of nitrogens with zero attached hydrogens (tertiary/aromatic N) is 3. The molecular weight excluding hydrogens is 710 g/mol. The molecule has 13 nitrogen and oxygen atoms in total. The first-order valence-electron chi connectivity index (χ1n) is 17.5. The van der Waals surface area contributed by atoms with Gasteiger partial charge in [-0.3, -0.25) is 14.9 Å². The van der Waals surface area contributed by atoms with Crippen LogP contribution < -0.4 is 36.7 Å². The van der Waals surface area contributed by atoms with Crippen molar-refractivity contribution in [2.45, 2.75) is 59.4 Å². The molecule has 0 unspecified atom stereocenters. The van der Waals surface area contributed by atoms with Crippen molar-refractivity contribution in [3.05, 3.63) is 134 Å². The Balaban J connectivity index is 1.25. The lowest BCUT2D eigenvalue weighted by atomic mass is 9.92. The van der Waals surface area contributed by atoms with Crippen LogP contribution in [0.5, 0.6) is 11.5 Å². The van der Waals surface area contributed by atoms with Crippen LogP contribution >= 0.6 is 11.6 Å². The van der Waals surface area contributed by atoms with Crippen molar-refractivity contribution in [3.8, 4) is 17.2 Å². The van der Waals surface area contributed by atoms with E-state index in [1.807, 2.05) is 94.4 Å². The molecule has 14 heteroatoms. The van der Waals surface area contributed by atoms with Gasteiger partial charge in [0.1, 0.15) is 35.6 Å². The Morgan fingerprint density at radius 3 is 2.39 bits per heavy atom. The summed E-state index contributed by atoms with van der Waals surface area (Å²) in [5, 5.41) is 22.5. The van der Waals surface area contributed by atoms with Gasteiger partial charge in [0.15, 0.2) is 0 Å². The SMILES string of the molecule is Cc1cc(OCc2ccccc2CNC(=O)Nc2cc(C(C)(C)C)nn2-c2cccc(OCCO)c2)c(Cl)c(=O)n1Cc1cccc(CNC(=O)CN)c1. The zero-order valence-electron chi connectivity index (χ0n) is 30.8. The summed E-state index contributed by atoms with van der Waals surface area (Å²) in [6, 6.07) is 25.5. The van der Waals surface area contributed by atoms with Crippen LogP contribution in [0.3, 0.4) is 0 Å². The first kappa shape index (κ1) is 39.6. The van der Waals surface area contributed by atoms with E-state index in [4.69, 9.17) is 37.0 Å². The summed E-state index contributed by atoms with van der Waals surface area (Å²) in [7, 11) is 0. The number of carbonyl (C=O) groups is 2. The van der Waals surface area contributed by atoms with E-state index in [-0.39, 0.29) is 61.5 Å². The van der Waals surface area contributed by atoms with Crippen LogP contribution in [-0.2, 0) is 36.5 Å². The van der Waals surface area contributed by atoms with E-state index in [1.54, 1.807) is 27.4 Å². The van der Waals surface area contributed by atoms with Gasteiger partial charge in [0.05, 0.1) is 31.1 Å². The van der Waals surface area contributed by atoms with Crippen molar-refractivity contribution in [2.24, 2.45) is 5.73 Å². The molecule has 0 atom stereocenters. The number of nitrogens with two attached hydrogens (primary N) is 1. The highest BCUT2D eigenvalue weighted by molar-refractivity contribution is 6.31. The Hall–Kier alpha value is -5.63. The van der Waals surface area contributed by atoms with E-state index in [0.717, 1.165) is 27.9 Å². The van der Waals surface area contributed by atoms with Gasteiger partial charge in [-0.2, -0.15) is 5.10 Å². The molecule has 0 aliphatic rings. The van der Waals surface area contributed by atoms with Crippen LogP contribution in [-0.4, -0.2) is 51.2 Å². The molecule has 3 amide bonds. The molecule has 2 heterocycles. The van der Waals surface area contributed by atoms with Crippen molar-refractivity contribution in [1.82, 2.24) is 25.0 Å². The minimum Gasteiger partial charge on any atom is -0.491 e. The van der Waals surface area contributed by atoms with E-state index in [0.29, 0.717) is 29.5 Å². The number of rotatable bonds is 15. The third-order valence-corrected chi connectivity index (χ3v) is 8.85. The van der Waals surface area contributed by atoms with Crippen molar-refractivity contribution >= 4 is 29.4 Å². The highest BCUT2D eigenvalue weighted by Crippen LogP contribution is 2.28. The lowest BCUT2D eigenvalue weighted by molar-refractivity contribution is -0.119. The van der Waals surface area contributed by atoms with Gasteiger partial charge in [0.2, 0.25) is 5.91 Å². The number of aryl methyl sites for hydroxylation is 1. The zero-order chi connectivity index (χ0) is 38.8. The van der Waals surface area contributed by atoms with Gasteiger partial charge in [-0.25, -0.2) is 9.48 Å². The highest BCUT2D eigenvalue weighted by atomic mass is 35.5. The average molecular weight is 756 g/mol. The van der Waals surface area contributed by atoms with Crippen LogP contribution in [0.1, 0.15) is 54.4 Å². The molecular formula is C40H46ClN7O6. The Morgan fingerprint density at radius 1 is 0.907 bits per heavy atom. The summed E-state index contributed by atoms with van der Waals surface area (Å²) in [5.74, 6) is 1.04. The molecule has 6 N–H and O–H groups in total. The topological polar surface area (TPSA) is 175 Å². The van der Waals surface area contributed by atoms with Crippen LogP contribution in [0.2, 0.25) is 5.02 Å². The zero-order valence-corrected chi connectivity index (χ0v) is 31.6. The highest BCUT2D eigenvalue weighted by Gasteiger charge is 2.22. The number of amides is 3. The maximum atomic E-state index is 13.4. The molecule has 284 valence electrons. The van der Waals surface area contributed by atoms with Gasteiger partial charge in [-0.1, -0.05) is 87.0 Å². The molecule has 5 rings (SSSR count). The number of aromatic nitrogens is 3. The number of hydrogen-bond donors (Lipinski definition) is 5. The lowest BCUT2D eigenvalue weighted by Gasteiger charge is -2.16. The fourth-order valence-electron chi connectivity index (χ4n) is 5.57. The van der Waals surface area contributed by atoms with E-state index in [1.165, 1.54) is 0 Å². The average Bonchev–Trinajstić information content (AvgIpc) is 3.60. The standard InChI is InChI=1S/C40H46ClN7O6/c1-26-17-33(37(41)38(51)47(26)24-28-10-7-9-27(18-28)22-43-36(50)21-42)54-25-30-12-6-5-11-29(30)23-44-39(52)45-35-20-34(40(2,3)4)46-48(35)31-13-8-14-32(19-31)53-16-15-49/h5-14,17-20,49H,15-16,21-25,42H2,1-4H3,(H,43,50)(H2,44,45,52). The quantitative estimate of drug-likeness (QED) is 0.0971. The lowest BCUT2D eigenvalue weighted by Crippen LogP contribution is -2.29. The van der Waals surface area contributed by atoms with Gasteiger partial charge in [0.25, 0.3) is 5.56 Å². The van der Waals surface area contributed by atoms with E-state index >= 15 is 0 Å². The molecule has 54 heavy (non-hydrogen) atoms. The molecule has 0 saturated heterocycles. The summed E-state index contributed by atoms with van der Waals surface area (Å²) in [4.78, 5) is 38.2. The maximum absolute atomic E-state index is 13.4. The van der Waals surface area contributed by atoms with Crippen LogP contribution in [0.15, 0.2) is 89.7 Å². The third-order valence-electron chi connectivity index (χ3n) is 8.50. The van der Waals surface area contributed by atoms with Gasteiger partial charge in [-0.05, 0) is 41.3 Å². The van der Waals surface area contributed by atoms with E-state index < -0.39 is 11.6 Å². The van der Waals surface area contributed by atoms with Gasteiger partial charge in [0, 0.05) is 42.4 Å². The van der Waals surface area contributed by atoms with Crippen LogP contribution in [0.4, 0.5) is 10.6 Å². The van der Waals surface area contributed by atoms with Crippen molar-refractivity contribution in [3.63, 3.8) is 0 Å². The predicted octanol–water partition coefficient (Wildman–Crippen LogP) is 5.19. The monoisotopic (exact) mass is 755 g/mol. The smallest absolute Gasteiger partial charge is 0.320 e. The fourth-order valence-corrected chi connectivity index (χ4v) is 5.79. The number of pyridine rings is 1. The summed E-state index contributed by atoms with van der Waals surface area (Å²) < 4.78 is 14.9. The Kier molecular flexibility index (Phi) is 13.1. The van der Waals surface area contributed by atoms with Crippen molar-refractivity contribution in [1.29, 1.82) is 0 Å². The van der Waals surface area contributed by atoms with Crippen LogP contribution in [0, 0.1) is 6.92 Å². The molecule has 0 aliphatic carbocycles. The van der Waals surface area contributed by atoms with Crippen molar-refractivity contribution in [2.75, 3.05) is 25.1 Å². The molecule has 0 radical (unpaired) electrons. The molecule has 0 spiro atoms. The molecule has 3 aromatic carbocycles. The molecule has 0 fully saturated rings. The second-order valence-corrected chi connectivity index (χ2v) is 14.0. The number of halogens is 1. The maximum Gasteiger partial charge on any atom is 0.320 e. The normalized spacial score (nSPS) is 11.2. The first-order valence-corrected chi connectivity index (χ1v) is 17.9. The number of benzene rings is 3. The third kappa shape index (κ3) is 10.3.